The molecule has 34 heavy (non-hydrogen) atoms. The van der Waals surface area contributed by atoms with Crippen molar-refractivity contribution >= 4 is 11.9 Å². The zero-order chi connectivity index (χ0) is 23.9. The number of likely N-dealkylation sites (N-methyl/N-ethyl adjacent to an activating group) is 1. The van der Waals surface area contributed by atoms with Gasteiger partial charge in [-0.25, -0.2) is 4.79 Å². The van der Waals surface area contributed by atoms with Crippen LogP contribution < -0.4 is 5.73 Å². The summed E-state index contributed by atoms with van der Waals surface area (Å²) < 4.78 is 6.07. The fraction of sp³-hybridized carbons (Fsp3) is 0.308. The van der Waals surface area contributed by atoms with Gasteiger partial charge in [-0.3, -0.25) is 4.79 Å². The van der Waals surface area contributed by atoms with Crippen LogP contribution in [0.3, 0.4) is 0 Å². The molecule has 2 aromatic carbocycles. The van der Waals surface area contributed by atoms with E-state index in [9.17, 15) is 14.7 Å². The topological polar surface area (TPSA) is 115 Å². The molecule has 1 fully saturated rings. The summed E-state index contributed by atoms with van der Waals surface area (Å²) in [4.78, 5) is 25.9. The third-order valence-corrected chi connectivity index (χ3v) is 7.37. The molecule has 0 radical (unpaired) electrons. The van der Waals surface area contributed by atoms with Gasteiger partial charge in [0.2, 0.25) is 11.6 Å². The van der Waals surface area contributed by atoms with Crippen molar-refractivity contribution in [3.63, 3.8) is 0 Å². The highest BCUT2D eigenvalue weighted by atomic mass is 16.6. The summed E-state index contributed by atoms with van der Waals surface area (Å²) >= 11 is 0. The zero-order valence-corrected chi connectivity index (χ0v) is 18.9. The van der Waals surface area contributed by atoms with Gasteiger partial charge in [-0.05, 0) is 23.3 Å². The first kappa shape index (κ1) is 22.2. The van der Waals surface area contributed by atoms with E-state index in [4.69, 9.17) is 10.5 Å². The summed E-state index contributed by atoms with van der Waals surface area (Å²) in [5.41, 5.74) is 7.07. The lowest BCUT2D eigenvalue weighted by Gasteiger charge is -2.40. The maximum absolute atomic E-state index is 13.4. The van der Waals surface area contributed by atoms with Crippen molar-refractivity contribution in [2.75, 3.05) is 20.2 Å². The number of ether oxygens (including phenoxy) is 1. The lowest BCUT2D eigenvalue weighted by atomic mass is 9.91. The van der Waals surface area contributed by atoms with E-state index in [1.807, 2.05) is 31.3 Å². The number of nitrogens with zero attached hydrogens (tertiary/aromatic N) is 3. The second-order valence-corrected chi connectivity index (χ2v) is 9.22. The molecule has 8 heteroatoms. The SMILES string of the molecule is C[N+]1(C(C(N)=O)c2cccnn2)CCC[C@@H]1COC(=O)C1(O)c2ccccc2-c2ccccc21. The van der Waals surface area contributed by atoms with Crippen molar-refractivity contribution in [3.05, 3.63) is 83.7 Å². The van der Waals surface area contributed by atoms with E-state index >= 15 is 0 Å². The van der Waals surface area contributed by atoms with Crippen molar-refractivity contribution in [2.45, 2.75) is 30.5 Å². The Hall–Kier alpha value is -3.62. The molecule has 3 aromatic rings. The number of carbonyl (C=O) groups is 2. The summed E-state index contributed by atoms with van der Waals surface area (Å²) in [6.45, 7) is 0.731. The molecule has 1 saturated heterocycles. The first-order chi connectivity index (χ1) is 16.4. The fourth-order valence-corrected chi connectivity index (χ4v) is 5.64. The van der Waals surface area contributed by atoms with Crippen molar-refractivity contribution in [2.24, 2.45) is 5.73 Å². The number of aliphatic hydroxyl groups is 1. The molecule has 1 aromatic heterocycles. The Kier molecular flexibility index (Phi) is 5.42. The van der Waals surface area contributed by atoms with Crippen LogP contribution in [0.4, 0.5) is 0 Å². The maximum atomic E-state index is 13.4. The lowest BCUT2D eigenvalue weighted by molar-refractivity contribution is -0.941. The van der Waals surface area contributed by atoms with E-state index in [1.54, 1.807) is 42.6 Å². The molecule has 1 aliphatic heterocycles. The normalized spacial score (nSPS) is 23.1. The van der Waals surface area contributed by atoms with Crippen LogP contribution in [0, 0.1) is 0 Å². The largest absolute Gasteiger partial charge is 0.457 e. The van der Waals surface area contributed by atoms with E-state index in [1.165, 1.54) is 0 Å². The Labute approximate surface area is 197 Å². The van der Waals surface area contributed by atoms with Crippen molar-refractivity contribution < 1.29 is 23.9 Å². The van der Waals surface area contributed by atoms with Crippen LogP contribution in [0.1, 0.15) is 35.7 Å². The third-order valence-electron chi connectivity index (χ3n) is 7.37. The molecule has 1 amide bonds. The van der Waals surface area contributed by atoms with Crippen molar-refractivity contribution in [1.82, 2.24) is 10.2 Å². The van der Waals surface area contributed by atoms with E-state index < -0.39 is 23.5 Å². The molecular weight excluding hydrogens is 432 g/mol. The van der Waals surface area contributed by atoms with Crippen LogP contribution in [0.15, 0.2) is 66.9 Å². The second kappa shape index (κ2) is 8.30. The number of rotatable bonds is 6. The number of carbonyl (C=O) groups excluding carboxylic acids is 2. The number of quaternary nitrogens is 1. The number of nitrogens with two attached hydrogens (primary N) is 1. The van der Waals surface area contributed by atoms with E-state index in [0.717, 1.165) is 24.0 Å². The van der Waals surface area contributed by atoms with Crippen molar-refractivity contribution in [1.29, 1.82) is 0 Å². The van der Waals surface area contributed by atoms with E-state index in [-0.39, 0.29) is 17.1 Å². The lowest BCUT2D eigenvalue weighted by Crippen LogP contribution is -2.57. The van der Waals surface area contributed by atoms with Gasteiger partial charge < -0.3 is 20.1 Å². The molecule has 2 unspecified atom stereocenters. The van der Waals surface area contributed by atoms with Crippen LogP contribution in [-0.4, -0.2) is 57.9 Å². The number of hydrogen-bond acceptors (Lipinski definition) is 6. The number of primary amides is 1. The number of likely N-dealkylation sites (tertiary alicyclic amines) is 1. The van der Waals surface area contributed by atoms with Gasteiger partial charge in [0.1, 0.15) is 18.3 Å². The standard InChI is InChI=1S/C26H26N4O4/c1-30(23(24(27)31)22-13-6-14-28-29-22)15-7-8-17(30)16-34-25(32)26(33)20-11-4-2-9-18(20)19-10-3-5-12-21(19)26/h2-6,9-14,17,23,33H,7-8,15-16H2,1H3,(H-,27,31)/p+1/t17-,23?,30?/m1/s1. The smallest absolute Gasteiger partial charge is 0.347 e. The molecule has 0 spiro atoms. The van der Waals surface area contributed by atoms with Gasteiger partial charge in [0.15, 0.2) is 0 Å². The Morgan fingerprint density at radius 3 is 2.35 bits per heavy atom. The molecule has 0 bridgehead atoms. The number of fused-ring (bicyclic) bond motifs is 3. The predicted molar refractivity (Wildman–Crippen MR) is 124 cm³/mol. The molecule has 8 nitrogen and oxygen atoms in total. The monoisotopic (exact) mass is 459 g/mol. The summed E-state index contributed by atoms with van der Waals surface area (Å²) in [5, 5.41) is 19.7. The quantitative estimate of drug-likeness (QED) is 0.431. The van der Waals surface area contributed by atoms with Gasteiger partial charge >= 0.3 is 5.97 Å². The number of aromatic nitrogens is 2. The minimum absolute atomic E-state index is 0.0476. The second-order valence-electron chi connectivity index (χ2n) is 9.22. The number of benzene rings is 2. The van der Waals surface area contributed by atoms with Gasteiger partial charge in [0.25, 0.3) is 5.91 Å². The van der Waals surface area contributed by atoms with Crippen molar-refractivity contribution in [3.8, 4) is 11.1 Å². The van der Waals surface area contributed by atoms with Crippen LogP contribution in [0.5, 0.6) is 0 Å². The fourth-order valence-electron chi connectivity index (χ4n) is 5.64. The average molecular weight is 460 g/mol. The summed E-state index contributed by atoms with van der Waals surface area (Å²) in [6.07, 6.45) is 3.14. The van der Waals surface area contributed by atoms with E-state index in [2.05, 4.69) is 10.2 Å². The highest BCUT2D eigenvalue weighted by Gasteiger charge is 2.52. The molecule has 2 heterocycles. The molecule has 1 aliphatic carbocycles. The first-order valence-electron chi connectivity index (χ1n) is 11.4. The molecular formula is C26H27N4O4+. The molecule has 174 valence electrons. The zero-order valence-electron chi connectivity index (χ0n) is 18.9. The van der Waals surface area contributed by atoms with Gasteiger partial charge in [0, 0.05) is 30.2 Å². The Bertz CT molecular complexity index is 1200. The van der Waals surface area contributed by atoms with Gasteiger partial charge in [-0.2, -0.15) is 5.10 Å². The summed E-state index contributed by atoms with van der Waals surface area (Å²) in [5.74, 6) is -1.23. The third kappa shape index (κ3) is 3.29. The van der Waals surface area contributed by atoms with Gasteiger partial charge in [-0.1, -0.05) is 48.5 Å². The first-order valence-corrected chi connectivity index (χ1v) is 11.4. The Morgan fingerprint density at radius 1 is 1.12 bits per heavy atom. The highest BCUT2D eigenvalue weighted by molar-refractivity contribution is 5.96. The van der Waals surface area contributed by atoms with Gasteiger partial charge in [0.05, 0.1) is 13.6 Å². The predicted octanol–water partition coefficient (Wildman–Crippen LogP) is 2.07. The van der Waals surface area contributed by atoms with Crippen LogP contribution in [-0.2, 0) is 19.9 Å². The van der Waals surface area contributed by atoms with Gasteiger partial charge in [-0.15, -0.1) is 5.10 Å². The summed E-state index contributed by atoms with van der Waals surface area (Å²) in [6, 6.07) is 17.2. The summed E-state index contributed by atoms with van der Waals surface area (Å²) in [7, 11) is 1.94. The molecule has 3 atom stereocenters. The molecule has 2 aliphatic rings. The molecule has 0 saturated carbocycles. The number of amides is 1. The Morgan fingerprint density at radius 2 is 1.76 bits per heavy atom. The Balaban J connectivity index is 1.42. The highest BCUT2D eigenvalue weighted by Crippen LogP contribution is 2.48. The van der Waals surface area contributed by atoms with Crippen LogP contribution in [0.2, 0.25) is 0 Å². The molecule has 5 rings (SSSR count). The van der Waals surface area contributed by atoms with E-state index in [0.29, 0.717) is 23.4 Å². The number of hydrogen-bond donors (Lipinski definition) is 2. The maximum Gasteiger partial charge on any atom is 0.347 e. The van der Waals surface area contributed by atoms with Crippen LogP contribution >= 0.6 is 0 Å². The van der Waals surface area contributed by atoms with Crippen LogP contribution in [0.25, 0.3) is 11.1 Å². The molecule has 3 N–H and O–H groups in total. The minimum Gasteiger partial charge on any atom is -0.457 e. The minimum atomic E-state index is -1.89. The number of esters is 1. The average Bonchev–Trinajstić information content (AvgIpc) is 3.34.